The average molecular weight is 261 g/mol. The zero-order valence-corrected chi connectivity index (χ0v) is 12.3. The van der Waals surface area contributed by atoms with Gasteiger partial charge in [-0.25, -0.2) is 0 Å². The number of pyridine rings is 1. The lowest BCUT2D eigenvalue weighted by Gasteiger charge is -2.36. The quantitative estimate of drug-likeness (QED) is 0.886. The molecule has 3 atom stereocenters. The van der Waals surface area contributed by atoms with Crippen molar-refractivity contribution in [1.29, 1.82) is 0 Å². The van der Waals surface area contributed by atoms with Crippen molar-refractivity contribution in [2.45, 2.75) is 45.2 Å². The third kappa shape index (κ3) is 4.29. The summed E-state index contributed by atoms with van der Waals surface area (Å²) in [5, 5.41) is 0. The first kappa shape index (κ1) is 14.5. The second kappa shape index (κ2) is 7.01. The molecule has 3 nitrogen and oxygen atoms in total. The van der Waals surface area contributed by atoms with Gasteiger partial charge >= 0.3 is 0 Å². The maximum absolute atomic E-state index is 6.30. The Kier molecular flexibility index (Phi) is 5.34. The molecule has 3 unspecified atom stereocenters. The van der Waals surface area contributed by atoms with Gasteiger partial charge < -0.3 is 10.6 Å². The van der Waals surface area contributed by atoms with E-state index in [1.807, 2.05) is 12.4 Å². The number of rotatable bonds is 5. The van der Waals surface area contributed by atoms with Crippen LogP contribution in [0.2, 0.25) is 0 Å². The standard InChI is InChI=1S/C16H27N3/c1-3-13-4-5-16(17)15(10-13)12-19(2)11-14-6-8-18-9-7-14/h6-9,13,15-16H,3-5,10-12,17H2,1-2H3. The van der Waals surface area contributed by atoms with Gasteiger partial charge in [0, 0.05) is 31.5 Å². The Morgan fingerprint density at radius 3 is 2.74 bits per heavy atom. The van der Waals surface area contributed by atoms with E-state index in [-0.39, 0.29) is 0 Å². The Bertz CT molecular complexity index is 366. The molecule has 0 bridgehead atoms. The predicted octanol–water partition coefficient (Wildman–Crippen LogP) is 2.67. The van der Waals surface area contributed by atoms with Crippen molar-refractivity contribution in [2.75, 3.05) is 13.6 Å². The summed E-state index contributed by atoms with van der Waals surface area (Å²) in [7, 11) is 2.20. The van der Waals surface area contributed by atoms with Crippen molar-refractivity contribution in [3.8, 4) is 0 Å². The van der Waals surface area contributed by atoms with E-state index in [4.69, 9.17) is 5.73 Å². The van der Waals surface area contributed by atoms with Crippen molar-refractivity contribution in [3.05, 3.63) is 30.1 Å². The van der Waals surface area contributed by atoms with Crippen LogP contribution < -0.4 is 5.73 Å². The molecule has 1 aromatic rings. The monoisotopic (exact) mass is 261 g/mol. The van der Waals surface area contributed by atoms with Gasteiger partial charge in [0.1, 0.15) is 0 Å². The lowest BCUT2D eigenvalue weighted by Crippen LogP contribution is -2.42. The fraction of sp³-hybridized carbons (Fsp3) is 0.688. The van der Waals surface area contributed by atoms with Crippen LogP contribution in [0.15, 0.2) is 24.5 Å². The van der Waals surface area contributed by atoms with Gasteiger partial charge in [0.15, 0.2) is 0 Å². The van der Waals surface area contributed by atoms with Gasteiger partial charge in [0.05, 0.1) is 0 Å². The second-order valence-corrected chi connectivity index (χ2v) is 6.06. The average Bonchev–Trinajstić information content (AvgIpc) is 2.42. The van der Waals surface area contributed by atoms with Crippen LogP contribution >= 0.6 is 0 Å². The molecule has 1 saturated carbocycles. The van der Waals surface area contributed by atoms with E-state index in [1.54, 1.807) is 0 Å². The summed E-state index contributed by atoms with van der Waals surface area (Å²) >= 11 is 0. The largest absolute Gasteiger partial charge is 0.327 e. The molecule has 1 heterocycles. The summed E-state index contributed by atoms with van der Waals surface area (Å²) in [4.78, 5) is 6.46. The molecule has 106 valence electrons. The first-order chi connectivity index (χ1) is 9.19. The number of nitrogens with zero attached hydrogens (tertiary/aromatic N) is 2. The van der Waals surface area contributed by atoms with Gasteiger partial charge in [-0.2, -0.15) is 0 Å². The fourth-order valence-electron chi connectivity index (χ4n) is 3.23. The van der Waals surface area contributed by atoms with Gasteiger partial charge in [0.25, 0.3) is 0 Å². The highest BCUT2D eigenvalue weighted by Crippen LogP contribution is 2.30. The van der Waals surface area contributed by atoms with E-state index < -0.39 is 0 Å². The number of nitrogens with two attached hydrogens (primary N) is 1. The van der Waals surface area contributed by atoms with Gasteiger partial charge in [-0.1, -0.05) is 13.3 Å². The molecular formula is C16H27N3. The third-order valence-corrected chi connectivity index (χ3v) is 4.48. The maximum atomic E-state index is 6.30. The van der Waals surface area contributed by atoms with Crippen LogP contribution in [-0.4, -0.2) is 29.5 Å². The molecule has 1 aliphatic rings. The Morgan fingerprint density at radius 2 is 2.05 bits per heavy atom. The second-order valence-electron chi connectivity index (χ2n) is 6.06. The lowest BCUT2D eigenvalue weighted by molar-refractivity contribution is 0.168. The topological polar surface area (TPSA) is 42.1 Å². The first-order valence-corrected chi connectivity index (χ1v) is 7.52. The molecule has 0 saturated heterocycles. The molecule has 1 aromatic heterocycles. The molecule has 2 N–H and O–H groups in total. The molecule has 1 fully saturated rings. The van der Waals surface area contributed by atoms with E-state index in [2.05, 4.69) is 36.0 Å². The highest BCUT2D eigenvalue weighted by molar-refractivity contribution is 5.09. The van der Waals surface area contributed by atoms with Crippen LogP contribution in [0.3, 0.4) is 0 Å². The maximum Gasteiger partial charge on any atom is 0.0271 e. The van der Waals surface area contributed by atoms with E-state index in [1.165, 1.54) is 31.2 Å². The van der Waals surface area contributed by atoms with Gasteiger partial charge in [-0.05, 0) is 55.8 Å². The summed E-state index contributed by atoms with van der Waals surface area (Å²) in [5.41, 5.74) is 7.63. The van der Waals surface area contributed by atoms with Crippen LogP contribution in [0, 0.1) is 11.8 Å². The minimum Gasteiger partial charge on any atom is -0.327 e. The van der Waals surface area contributed by atoms with Gasteiger partial charge in [-0.15, -0.1) is 0 Å². The molecule has 1 aliphatic carbocycles. The zero-order chi connectivity index (χ0) is 13.7. The summed E-state index contributed by atoms with van der Waals surface area (Å²) in [5.74, 6) is 1.55. The van der Waals surface area contributed by atoms with Gasteiger partial charge in [-0.3, -0.25) is 4.98 Å². The van der Waals surface area contributed by atoms with Crippen LogP contribution in [-0.2, 0) is 6.54 Å². The molecule has 0 aromatic carbocycles. The Hall–Kier alpha value is -0.930. The Labute approximate surface area is 117 Å². The van der Waals surface area contributed by atoms with Crippen LogP contribution in [0.4, 0.5) is 0 Å². The lowest BCUT2D eigenvalue weighted by atomic mass is 9.77. The van der Waals surface area contributed by atoms with Crippen molar-refractivity contribution < 1.29 is 0 Å². The number of aromatic nitrogens is 1. The van der Waals surface area contributed by atoms with Crippen molar-refractivity contribution in [3.63, 3.8) is 0 Å². The summed E-state index contributed by atoms with van der Waals surface area (Å²) < 4.78 is 0. The first-order valence-electron chi connectivity index (χ1n) is 7.52. The minimum atomic E-state index is 0.391. The van der Waals surface area contributed by atoms with Crippen LogP contribution in [0.5, 0.6) is 0 Å². The van der Waals surface area contributed by atoms with Gasteiger partial charge in [0.2, 0.25) is 0 Å². The van der Waals surface area contributed by atoms with Crippen molar-refractivity contribution in [1.82, 2.24) is 9.88 Å². The zero-order valence-electron chi connectivity index (χ0n) is 12.3. The van der Waals surface area contributed by atoms with Crippen molar-refractivity contribution >= 4 is 0 Å². The third-order valence-electron chi connectivity index (χ3n) is 4.48. The number of hydrogen-bond donors (Lipinski definition) is 1. The number of hydrogen-bond acceptors (Lipinski definition) is 3. The molecule has 0 radical (unpaired) electrons. The summed E-state index contributed by atoms with van der Waals surface area (Å²) in [6.45, 7) is 4.40. The molecule has 19 heavy (non-hydrogen) atoms. The van der Waals surface area contributed by atoms with E-state index in [0.29, 0.717) is 12.0 Å². The van der Waals surface area contributed by atoms with Crippen LogP contribution in [0.25, 0.3) is 0 Å². The normalized spacial score (nSPS) is 27.7. The van der Waals surface area contributed by atoms with E-state index >= 15 is 0 Å². The minimum absolute atomic E-state index is 0.391. The highest BCUT2D eigenvalue weighted by Gasteiger charge is 2.27. The Morgan fingerprint density at radius 1 is 1.32 bits per heavy atom. The van der Waals surface area contributed by atoms with E-state index in [0.717, 1.165) is 19.0 Å². The molecule has 0 amide bonds. The summed E-state index contributed by atoms with van der Waals surface area (Å²) in [6.07, 6.45) is 8.86. The van der Waals surface area contributed by atoms with Crippen LogP contribution in [0.1, 0.15) is 38.2 Å². The Balaban J connectivity index is 1.85. The highest BCUT2D eigenvalue weighted by atomic mass is 15.1. The SMILES string of the molecule is CCC1CCC(N)C(CN(C)Cc2ccncc2)C1. The predicted molar refractivity (Wildman–Crippen MR) is 79.7 cm³/mol. The van der Waals surface area contributed by atoms with E-state index in [9.17, 15) is 0 Å². The van der Waals surface area contributed by atoms with Crippen molar-refractivity contribution in [2.24, 2.45) is 17.6 Å². The summed E-state index contributed by atoms with van der Waals surface area (Å²) in [6, 6.07) is 4.57. The molecular weight excluding hydrogens is 234 g/mol. The smallest absolute Gasteiger partial charge is 0.0271 e. The fourth-order valence-corrected chi connectivity index (χ4v) is 3.23. The molecule has 0 spiro atoms. The molecule has 0 aliphatic heterocycles. The molecule has 2 rings (SSSR count). The molecule has 3 heteroatoms.